The van der Waals surface area contributed by atoms with Crippen molar-refractivity contribution in [1.82, 2.24) is 4.98 Å². The first-order valence-electron chi connectivity index (χ1n) is 6.56. The Hall–Kier alpha value is -1.12. The Bertz CT molecular complexity index is 359. The highest BCUT2D eigenvalue weighted by Gasteiger charge is 2.23. The third-order valence-corrected chi connectivity index (χ3v) is 4.00. The molecule has 2 nitrogen and oxygen atoms in total. The second kappa shape index (κ2) is 5.48. The largest absolute Gasteiger partial charge is 0.357 e. The number of pyridine rings is 1. The molecule has 17 heavy (non-hydrogen) atoms. The molecule has 1 aliphatic carbocycles. The fourth-order valence-electron chi connectivity index (χ4n) is 2.72. The van der Waals surface area contributed by atoms with E-state index in [1.807, 2.05) is 13.1 Å². The molecule has 2 rings (SSSR count). The minimum atomic E-state index is -0.392. The Morgan fingerprint density at radius 3 is 2.59 bits per heavy atom. The summed E-state index contributed by atoms with van der Waals surface area (Å²) in [5, 5.41) is 0. The van der Waals surface area contributed by atoms with E-state index in [0.717, 1.165) is 11.7 Å². The average Bonchev–Trinajstić information content (AvgIpc) is 2.38. The van der Waals surface area contributed by atoms with Crippen molar-refractivity contribution in [2.45, 2.75) is 45.1 Å². The van der Waals surface area contributed by atoms with Gasteiger partial charge in [0.15, 0.2) is 0 Å². The van der Waals surface area contributed by atoms with E-state index in [4.69, 9.17) is 0 Å². The zero-order valence-electron chi connectivity index (χ0n) is 10.7. The molecule has 1 fully saturated rings. The molecule has 1 aliphatic rings. The molecule has 0 atom stereocenters. The molecule has 0 N–H and O–H groups in total. The molecular formula is C14H21FN2. The van der Waals surface area contributed by atoms with Gasteiger partial charge in [0.1, 0.15) is 5.82 Å². The van der Waals surface area contributed by atoms with Crippen molar-refractivity contribution >= 4 is 5.82 Å². The van der Waals surface area contributed by atoms with Crippen molar-refractivity contribution in [3.8, 4) is 0 Å². The molecule has 0 amide bonds. The predicted molar refractivity (Wildman–Crippen MR) is 68.6 cm³/mol. The number of rotatable bonds is 3. The molecule has 1 saturated carbocycles. The van der Waals surface area contributed by atoms with Gasteiger partial charge in [0, 0.05) is 13.1 Å². The molecule has 0 spiro atoms. The van der Waals surface area contributed by atoms with E-state index >= 15 is 0 Å². The highest BCUT2D eigenvalue weighted by molar-refractivity contribution is 5.38. The highest BCUT2D eigenvalue weighted by Crippen LogP contribution is 2.30. The maximum absolute atomic E-state index is 13.1. The summed E-state index contributed by atoms with van der Waals surface area (Å²) in [6, 6.07) is 5.53. The molecule has 0 saturated heterocycles. The first kappa shape index (κ1) is 12.3. The Balaban J connectivity index is 1.99. The summed E-state index contributed by atoms with van der Waals surface area (Å²) in [4.78, 5) is 6.08. The number of halogens is 1. The lowest BCUT2D eigenvalue weighted by Gasteiger charge is -2.35. The molecule has 1 aromatic heterocycles. The summed E-state index contributed by atoms with van der Waals surface area (Å²) < 4.78 is 13.1. The van der Waals surface area contributed by atoms with Gasteiger partial charge >= 0.3 is 0 Å². The Labute approximate surface area is 103 Å². The number of anilines is 1. The first-order valence-corrected chi connectivity index (χ1v) is 6.56. The third-order valence-electron chi connectivity index (χ3n) is 4.00. The van der Waals surface area contributed by atoms with Crippen LogP contribution in [0.2, 0.25) is 0 Å². The van der Waals surface area contributed by atoms with Gasteiger partial charge in [-0.1, -0.05) is 19.4 Å². The van der Waals surface area contributed by atoms with Crippen molar-refractivity contribution in [2.24, 2.45) is 5.92 Å². The maximum atomic E-state index is 13.1. The monoisotopic (exact) mass is 236 g/mol. The fourth-order valence-corrected chi connectivity index (χ4v) is 2.72. The Morgan fingerprint density at radius 2 is 2.00 bits per heavy atom. The summed E-state index contributed by atoms with van der Waals surface area (Å²) in [5.41, 5.74) is 0. The number of hydrogen-bond donors (Lipinski definition) is 0. The molecule has 0 bridgehead atoms. The zero-order valence-corrected chi connectivity index (χ0v) is 10.7. The van der Waals surface area contributed by atoms with Crippen LogP contribution in [0.4, 0.5) is 10.2 Å². The first-order chi connectivity index (χ1) is 8.20. The predicted octanol–water partition coefficient (Wildman–Crippen LogP) is 3.63. The molecule has 3 heteroatoms. The van der Waals surface area contributed by atoms with Gasteiger partial charge in [-0.15, -0.1) is 0 Å². The smallest absolute Gasteiger partial charge is 0.214 e. The fraction of sp³-hybridized carbons (Fsp3) is 0.643. The summed E-state index contributed by atoms with van der Waals surface area (Å²) in [6.45, 7) is 2.27. The van der Waals surface area contributed by atoms with Crippen molar-refractivity contribution < 1.29 is 4.39 Å². The van der Waals surface area contributed by atoms with E-state index in [1.165, 1.54) is 38.2 Å². The van der Waals surface area contributed by atoms with E-state index < -0.39 is 5.95 Å². The molecule has 0 aromatic carbocycles. The highest BCUT2D eigenvalue weighted by atomic mass is 19.1. The van der Waals surface area contributed by atoms with Crippen LogP contribution in [0.3, 0.4) is 0 Å². The van der Waals surface area contributed by atoms with Gasteiger partial charge in [0.25, 0.3) is 0 Å². The van der Waals surface area contributed by atoms with E-state index in [9.17, 15) is 4.39 Å². The Morgan fingerprint density at radius 1 is 1.29 bits per heavy atom. The van der Waals surface area contributed by atoms with Gasteiger partial charge in [-0.3, -0.25) is 0 Å². The van der Waals surface area contributed by atoms with Crippen LogP contribution in [0.15, 0.2) is 18.2 Å². The average molecular weight is 236 g/mol. The zero-order chi connectivity index (χ0) is 12.3. The SMILES string of the molecule is CCC1CCC(N(C)c2cccc(F)n2)CC1. The van der Waals surface area contributed by atoms with E-state index in [-0.39, 0.29) is 0 Å². The molecule has 94 valence electrons. The number of nitrogens with zero attached hydrogens (tertiary/aromatic N) is 2. The lowest BCUT2D eigenvalue weighted by Crippen LogP contribution is -2.35. The van der Waals surface area contributed by atoms with Crippen LogP contribution in [-0.2, 0) is 0 Å². The normalized spacial score (nSPS) is 24.6. The van der Waals surface area contributed by atoms with Crippen molar-refractivity contribution in [2.75, 3.05) is 11.9 Å². The van der Waals surface area contributed by atoms with Crippen LogP contribution in [0.5, 0.6) is 0 Å². The lowest BCUT2D eigenvalue weighted by molar-refractivity contribution is 0.312. The second-order valence-electron chi connectivity index (χ2n) is 5.01. The van der Waals surface area contributed by atoms with Crippen molar-refractivity contribution in [1.29, 1.82) is 0 Å². The lowest BCUT2D eigenvalue weighted by atomic mass is 9.84. The van der Waals surface area contributed by atoms with Gasteiger partial charge in [-0.05, 0) is 43.7 Å². The minimum Gasteiger partial charge on any atom is -0.357 e. The van der Waals surface area contributed by atoms with Gasteiger partial charge < -0.3 is 4.90 Å². The molecular weight excluding hydrogens is 215 g/mol. The van der Waals surface area contributed by atoms with Crippen molar-refractivity contribution in [3.63, 3.8) is 0 Å². The second-order valence-corrected chi connectivity index (χ2v) is 5.01. The van der Waals surface area contributed by atoms with Crippen LogP contribution in [0.1, 0.15) is 39.0 Å². The summed E-state index contributed by atoms with van der Waals surface area (Å²) in [7, 11) is 2.03. The van der Waals surface area contributed by atoms with Crippen LogP contribution < -0.4 is 4.90 Å². The summed E-state index contributed by atoms with van der Waals surface area (Å²) >= 11 is 0. The minimum absolute atomic E-state index is 0.392. The van der Waals surface area contributed by atoms with Crippen LogP contribution in [0, 0.1) is 11.9 Å². The standard InChI is InChI=1S/C14H21FN2/c1-3-11-7-9-12(10-8-11)17(2)14-6-4-5-13(15)16-14/h4-6,11-12H,3,7-10H2,1-2H3. The molecule has 0 unspecified atom stereocenters. The summed E-state index contributed by atoms with van der Waals surface area (Å²) in [5.74, 6) is 1.25. The van der Waals surface area contributed by atoms with Crippen LogP contribution in [0.25, 0.3) is 0 Å². The molecule has 0 aliphatic heterocycles. The number of hydrogen-bond acceptors (Lipinski definition) is 2. The number of aromatic nitrogens is 1. The summed E-state index contributed by atoms with van der Waals surface area (Å²) in [6.07, 6.45) is 6.27. The van der Waals surface area contributed by atoms with Gasteiger partial charge in [-0.2, -0.15) is 4.39 Å². The van der Waals surface area contributed by atoms with Gasteiger partial charge in [-0.25, -0.2) is 4.98 Å². The van der Waals surface area contributed by atoms with Crippen molar-refractivity contribution in [3.05, 3.63) is 24.1 Å². The Kier molecular flexibility index (Phi) is 3.97. The van der Waals surface area contributed by atoms with E-state index in [2.05, 4.69) is 16.8 Å². The maximum Gasteiger partial charge on any atom is 0.214 e. The van der Waals surface area contributed by atoms with Gasteiger partial charge in [0.05, 0.1) is 0 Å². The van der Waals surface area contributed by atoms with Crippen LogP contribution in [-0.4, -0.2) is 18.1 Å². The third kappa shape index (κ3) is 2.96. The molecule has 1 heterocycles. The van der Waals surface area contributed by atoms with E-state index in [1.54, 1.807) is 6.07 Å². The molecule has 1 aromatic rings. The quantitative estimate of drug-likeness (QED) is 0.745. The van der Waals surface area contributed by atoms with Gasteiger partial charge in [0.2, 0.25) is 5.95 Å². The van der Waals surface area contributed by atoms with Crippen LogP contribution >= 0.6 is 0 Å². The topological polar surface area (TPSA) is 16.1 Å². The van der Waals surface area contributed by atoms with E-state index in [0.29, 0.717) is 6.04 Å². The molecule has 0 radical (unpaired) electrons.